The normalized spacial score (nSPS) is 19.1. The summed E-state index contributed by atoms with van der Waals surface area (Å²) in [7, 11) is 0. The second-order valence-electron chi connectivity index (χ2n) is 9.95. The van der Waals surface area contributed by atoms with Crippen LogP contribution < -0.4 is 21.3 Å². The Balaban J connectivity index is 2.16. The van der Waals surface area contributed by atoms with Crippen molar-refractivity contribution in [1.29, 1.82) is 0 Å². The van der Waals surface area contributed by atoms with Crippen molar-refractivity contribution in [2.24, 2.45) is 5.41 Å². The number of esters is 1. The van der Waals surface area contributed by atoms with Gasteiger partial charge in [0.1, 0.15) is 12.1 Å². The van der Waals surface area contributed by atoms with Gasteiger partial charge in [-0.05, 0) is 50.8 Å². The lowest BCUT2D eigenvalue weighted by atomic mass is 9.93. The maximum Gasteiger partial charge on any atom is 0.325 e. The second-order valence-corrected chi connectivity index (χ2v) is 9.95. The van der Waals surface area contributed by atoms with Crippen molar-refractivity contribution in [2.45, 2.75) is 66.0 Å². The van der Waals surface area contributed by atoms with E-state index in [0.29, 0.717) is 17.3 Å². The lowest BCUT2D eigenvalue weighted by Crippen LogP contribution is -2.38. The molecule has 4 N–H and O–H groups in total. The minimum atomic E-state index is -0.594. The van der Waals surface area contributed by atoms with Crippen LogP contribution in [-0.4, -0.2) is 49.7 Å². The fourth-order valence-electron chi connectivity index (χ4n) is 3.69. The van der Waals surface area contributed by atoms with Crippen LogP contribution in [0.25, 0.3) is 0 Å². The number of nitrogens with zero attached hydrogens (tertiary/aromatic N) is 1. The predicted molar refractivity (Wildman–Crippen MR) is 122 cm³/mol. The Morgan fingerprint density at radius 1 is 1.33 bits per heavy atom. The number of benzene rings is 1. The van der Waals surface area contributed by atoms with Crippen molar-refractivity contribution in [2.75, 3.05) is 36.8 Å². The molecule has 1 saturated heterocycles. The van der Waals surface area contributed by atoms with Crippen molar-refractivity contribution >= 4 is 23.3 Å². The number of nitrogens with one attached hydrogen (secondary N) is 2. The van der Waals surface area contributed by atoms with E-state index >= 15 is 0 Å². The minimum Gasteiger partial charge on any atom is -0.459 e. The number of hydrogen-bond acceptors (Lipinski definition) is 6. The molecule has 1 amide bonds. The fraction of sp³-hybridized carbons (Fsp3) is 0.652. The van der Waals surface area contributed by atoms with Gasteiger partial charge >= 0.3 is 5.97 Å². The molecular formula is C23H38N4O3. The van der Waals surface area contributed by atoms with Crippen LogP contribution in [0.2, 0.25) is 0 Å². The number of anilines is 2. The standard InChI is InChI=1S/C23H38N4O3/c1-7-8-16-13-27(15-23(5,6)14-26-16)17-9-10-19(24)18(11-17)21(29)25-12-20(28)30-22(2,3)4/h9-11,16,26H,7-8,12-15,24H2,1-6H3,(H,25,29). The Labute approximate surface area is 180 Å². The summed E-state index contributed by atoms with van der Waals surface area (Å²) in [5.74, 6) is -0.856. The Morgan fingerprint density at radius 2 is 2.03 bits per heavy atom. The zero-order valence-electron chi connectivity index (χ0n) is 19.3. The van der Waals surface area contributed by atoms with Gasteiger partial charge in [0.25, 0.3) is 5.91 Å². The molecule has 7 heteroatoms. The highest BCUT2D eigenvalue weighted by Gasteiger charge is 2.29. The van der Waals surface area contributed by atoms with Crippen LogP contribution >= 0.6 is 0 Å². The summed E-state index contributed by atoms with van der Waals surface area (Å²) in [4.78, 5) is 26.9. The molecule has 1 heterocycles. The number of nitrogens with two attached hydrogens (primary N) is 1. The quantitative estimate of drug-likeness (QED) is 0.485. The van der Waals surface area contributed by atoms with Gasteiger partial charge in [-0.1, -0.05) is 27.2 Å². The first-order valence-corrected chi connectivity index (χ1v) is 10.8. The fourth-order valence-corrected chi connectivity index (χ4v) is 3.69. The van der Waals surface area contributed by atoms with E-state index in [9.17, 15) is 9.59 Å². The molecule has 0 spiro atoms. The smallest absolute Gasteiger partial charge is 0.325 e. The summed E-state index contributed by atoms with van der Waals surface area (Å²) >= 11 is 0. The molecule has 1 aliphatic rings. The molecule has 0 radical (unpaired) electrons. The van der Waals surface area contributed by atoms with Gasteiger partial charge in [0.2, 0.25) is 0 Å². The first kappa shape index (κ1) is 24.0. The van der Waals surface area contributed by atoms with Gasteiger partial charge in [0, 0.05) is 37.1 Å². The third kappa shape index (κ3) is 7.20. The van der Waals surface area contributed by atoms with Crippen molar-refractivity contribution in [1.82, 2.24) is 10.6 Å². The van der Waals surface area contributed by atoms with E-state index < -0.39 is 11.6 Å². The lowest BCUT2D eigenvalue weighted by Gasteiger charge is -2.31. The molecule has 2 rings (SSSR count). The molecule has 0 saturated carbocycles. The van der Waals surface area contributed by atoms with E-state index in [0.717, 1.165) is 38.2 Å². The van der Waals surface area contributed by atoms with Gasteiger partial charge < -0.3 is 26.0 Å². The monoisotopic (exact) mass is 418 g/mol. The van der Waals surface area contributed by atoms with Gasteiger partial charge in [-0.15, -0.1) is 0 Å². The number of nitrogen functional groups attached to an aromatic ring is 1. The molecule has 0 aromatic heterocycles. The third-order valence-electron chi connectivity index (χ3n) is 5.03. The van der Waals surface area contributed by atoms with E-state index in [1.54, 1.807) is 26.8 Å². The maximum absolute atomic E-state index is 12.7. The zero-order chi connectivity index (χ0) is 22.5. The first-order chi connectivity index (χ1) is 13.9. The number of amides is 1. The SMILES string of the molecule is CCCC1CN(c2ccc(N)c(C(=O)NCC(=O)OC(C)(C)C)c2)CC(C)(C)CN1. The van der Waals surface area contributed by atoms with Gasteiger partial charge in [-0.25, -0.2) is 0 Å². The van der Waals surface area contributed by atoms with Crippen LogP contribution in [0.15, 0.2) is 18.2 Å². The topological polar surface area (TPSA) is 96.7 Å². The molecule has 1 aliphatic heterocycles. The molecule has 1 unspecified atom stereocenters. The summed E-state index contributed by atoms with van der Waals surface area (Å²) in [5, 5.41) is 6.30. The first-order valence-electron chi connectivity index (χ1n) is 10.8. The average molecular weight is 419 g/mol. The lowest BCUT2D eigenvalue weighted by molar-refractivity contribution is -0.153. The molecule has 168 valence electrons. The van der Waals surface area contributed by atoms with Crippen LogP contribution in [0.3, 0.4) is 0 Å². The highest BCUT2D eigenvalue weighted by Crippen LogP contribution is 2.28. The van der Waals surface area contributed by atoms with Crippen molar-refractivity contribution < 1.29 is 14.3 Å². The second kappa shape index (κ2) is 9.69. The summed E-state index contributed by atoms with van der Waals surface area (Å²) in [6, 6.07) is 5.95. The van der Waals surface area contributed by atoms with Crippen molar-refractivity contribution in [3.63, 3.8) is 0 Å². The molecule has 1 aromatic rings. The summed E-state index contributed by atoms with van der Waals surface area (Å²) in [6.45, 7) is 14.6. The number of hydrogen-bond donors (Lipinski definition) is 3. The predicted octanol–water partition coefficient (Wildman–Crippen LogP) is 2.94. The summed E-state index contributed by atoms with van der Waals surface area (Å²) in [6.07, 6.45) is 2.22. The van der Waals surface area contributed by atoms with Gasteiger partial charge in [-0.2, -0.15) is 0 Å². The van der Waals surface area contributed by atoms with Crippen molar-refractivity contribution in [3.05, 3.63) is 23.8 Å². The van der Waals surface area contributed by atoms with Crippen LogP contribution in [0.4, 0.5) is 11.4 Å². The maximum atomic E-state index is 12.7. The third-order valence-corrected chi connectivity index (χ3v) is 5.03. The molecule has 1 atom stereocenters. The van der Waals surface area contributed by atoms with Gasteiger partial charge in [0.15, 0.2) is 0 Å². The van der Waals surface area contributed by atoms with Crippen LogP contribution in [-0.2, 0) is 9.53 Å². The van der Waals surface area contributed by atoms with E-state index in [2.05, 4.69) is 36.3 Å². The molecular weight excluding hydrogens is 380 g/mol. The van der Waals surface area contributed by atoms with E-state index in [1.165, 1.54) is 0 Å². The van der Waals surface area contributed by atoms with Gasteiger partial charge in [0.05, 0.1) is 5.56 Å². The Hall–Kier alpha value is -2.28. The Morgan fingerprint density at radius 3 is 2.67 bits per heavy atom. The van der Waals surface area contributed by atoms with E-state index in [-0.39, 0.29) is 17.9 Å². The highest BCUT2D eigenvalue weighted by molar-refractivity contribution is 6.01. The molecule has 0 bridgehead atoms. The summed E-state index contributed by atoms with van der Waals surface area (Å²) in [5.41, 5.74) is 7.31. The molecule has 7 nitrogen and oxygen atoms in total. The zero-order valence-corrected chi connectivity index (χ0v) is 19.3. The number of ether oxygens (including phenoxy) is 1. The van der Waals surface area contributed by atoms with E-state index in [1.807, 2.05) is 12.1 Å². The highest BCUT2D eigenvalue weighted by atomic mass is 16.6. The van der Waals surface area contributed by atoms with E-state index in [4.69, 9.17) is 10.5 Å². The molecule has 0 aliphatic carbocycles. The number of carbonyl (C=O) groups excluding carboxylic acids is 2. The average Bonchev–Trinajstić information content (AvgIpc) is 2.77. The minimum absolute atomic E-state index is 0.100. The molecule has 1 aromatic carbocycles. The van der Waals surface area contributed by atoms with Crippen molar-refractivity contribution in [3.8, 4) is 0 Å². The number of rotatable bonds is 6. The van der Waals surface area contributed by atoms with Gasteiger partial charge in [-0.3, -0.25) is 9.59 Å². The van der Waals surface area contributed by atoms with Crippen LogP contribution in [0.1, 0.15) is 64.7 Å². The molecule has 1 fully saturated rings. The summed E-state index contributed by atoms with van der Waals surface area (Å²) < 4.78 is 5.24. The Kier molecular flexibility index (Phi) is 7.75. The largest absolute Gasteiger partial charge is 0.459 e. The Bertz CT molecular complexity index is 755. The van der Waals surface area contributed by atoms with Crippen LogP contribution in [0.5, 0.6) is 0 Å². The van der Waals surface area contributed by atoms with Crippen LogP contribution in [0, 0.1) is 5.41 Å². The number of carbonyl (C=O) groups is 2. The molecule has 30 heavy (non-hydrogen) atoms.